The van der Waals surface area contributed by atoms with Crippen LogP contribution in [0.2, 0.25) is 0 Å². The van der Waals surface area contributed by atoms with Crippen LogP contribution in [0.5, 0.6) is 0 Å². The van der Waals surface area contributed by atoms with Crippen molar-refractivity contribution < 1.29 is 5.11 Å². The zero-order chi connectivity index (χ0) is 15.2. The average Bonchev–Trinajstić information content (AvgIpc) is 2.86. The summed E-state index contributed by atoms with van der Waals surface area (Å²) in [6.07, 6.45) is 1.01. The first-order valence-corrected chi connectivity index (χ1v) is 7.76. The van der Waals surface area contributed by atoms with E-state index in [0.717, 1.165) is 34.2 Å². The molecule has 0 saturated heterocycles. The van der Waals surface area contributed by atoms with Gasteiger partial charge in [0.05, 0.1) is 0 Å². The maximum absolute atomic E-state index is 11.6. The van der Waals surface area contributed by atoms with Gasteiger partial charge in [0.2, 0.25) is 0 Å². The van der Waals surface area contributed by atoms with Gasteiger partial charge in [-0.2, -0.15) is 0 Å². The molecule has 3 aromatic rings. The highest BCUT2D eigenvalue weighted by Crippen LogP contribution is 2.50. The van der Waals surface area contributed by atoms with Gasteiger partial charge in [-0.1, -0.05) is 79.7 Å². The fourth-order valence-electron chi connectivity index (χ4n) is 3.50. The predicted octanol–water partition coefficient (Wildman–Crippen LogP) is 4.51. The van der Waals surface area contributed by atoms with Crippen LogP contribution >= 0.6 is 0 Å². The molecule has 4 rings (SSSR count). The van der Waals surface area contributed by atoms with E-state index in [1.54, 1.807) is 0 Å². The van der Waals surface area contributed by atoms with Crippen molar-refractivity contribution in [3.8, 4) is 11.1 Å². The molecule has 0 aromatic heterocycles. The lowest BCUT2D eigenvalue weighted by Gasteiger charge is -2.26. The Morgan fingerprint density at radius 1 is 0.727 bits per heavy atom. The highest BCUT2D eigenvalue weighted by atomic mass is 16.3. The first-order chi connectivity index (χ1) is 10.7. The molecule has 0 amide bonds. The highest BCUT2D eigenvalue weighted by molar-refractivity contribution is 5.82. The zero-order valence-electron chi connectivity index (χ0n) is 12.6. The summed E-state index contributed by atoms with van der Waals surface area (Å²) in [6.45, 7) is 2.14. The molecular weight excluding hydrogens is 268 g/mol. The number of benzene rings is 3. The monoisotopic (exact) mass is 286 g/mol. The number of aliphatic hydroxyl groups is 1. The van der Waals surface area contributed by atoms with Crippen molar-refractivity contribution in [1.29, 1.82) is 0 Å². The number of hydrogen-bond acceptors (Lipinski definition) is 1. The van der Waals surface area contributed by atoms with Crippen LogP contribution < -0.4 is 0 Å². The molecule has 0 unspecified atom stereocenters. The summed E-state index contributed by atoms with van der Waals surface area (Å²) in [5.74, 6) is 0. The number of hydrogen-bond donors (Lipinski definition) is 1. The second kappa shape index (κ2) is 4.82. The van der Waals surface area contributed by atoms with Crippen molar-refractivity contribution >= 4 is 0 Å². The lowest BCUT2D eigenvalue weighted by molar-refractivity contribution is 0.130. The molecule has 0 saturated carbocycles. The SMILES string of the molecule is CCc1ccc(C2(O)c3ccccc3-c3ccccc32)cc1. The molecule has 0 bridgehead atoms. The van der Waals surface area contributed by atoms with Crippen LogP contribution in [-0.4, -0.2) is 5.11 Å². The molecule has 1 heteroatoms. The third kappa shape index (κ3) is 1.69. The standard InChI is InChI=1S/C21H18O/c1-2-15-11-13-16(14-12-15)21(22)19-9-5-3-7-17(19)18-8-4-6-10-20(18)21/h3-14,22H,2H2,1H3. The molecular formula is C21H18O. The minimum Gasteiger partial charge on any atom is -0.376 e. The minimum absolute atomic E-state index is 0.933. The predicted molar refractivity (Wildman–Crippen MR) is 89.8 cm³/mol. The molecule has 0 aliphatic heterocycles. The van der Waals surface area contributed by atoms with Gasteiger partial charge in [-0.3, -0.25) is 0 Å². The maximum Gasteiger partial charge on any atom is 0.141 e. The fraction of sp³-hybridized carbons (Fsp3) is 0.143. The van der Waals surface area contributed by atoms with Crippen LogP contribution in [0, 0.1) is 0 Å². The molecule has 0 radical (unpaired) electrons. The smallest absolute Gasteiger partial charge is 0.141 e. The maximum atomic E-state index is 11.6. The molecule has 0 atom stereocenters. The van der Waals surface area contributed by atoms with Crippen molar-refractivity contribution in [3.05, 3.63) is 95.1 Å². The molecule has 22 heavy (non-hydrogen) atoms. The lowest BCUT2D eigenvalue weighted by atomic mass is 9.84. The Balaban J connectivity index is 2.00. The summed E-state index contributed by atoms with van der Waals surface area (Å²) in [6, 6.07) is 24.6. The summed E-state index contributed by atoms with van der Waals surface area (Å²) < 4.78 is 0. The van der Waals surface area contributed by atoms with E-state index in [9.17, 15) is 5.11 Å². The zero-order valence-corrected chi connectivity index (χ0v) is 12.6. The van der Waals surface area contributed by atoms with E-state index in [-0.39, 0.29) is 0 Å². The number of fused-ring (bicyclic) bond motifs is 3. The van der Waals surface area contributed by atoms with Crippen molar-refractivity contribution in [2.45, 2.75) is 18.9 Å². The van der Waals surface area contributed by atoms with Crippen LogP contribution in [-0.2, 0) is 12.0 Å². The van der Waals surface area contributed by atoms with Gasteiger partial charge in [0.1, 0.15) is 5.60 Å². The van der Waals surface area contributed by atoms with Gasteiger partial charge in [0.25, 0.3) is 0 Å². The molecule has 1 nitrogen and oxygen atoms in total. The van der Waals surface area contributed by atoms with Gasteiger partial charge in [0.15, 0.2) is 0 Å². The largest absolute Gasteiger partial charge is 0.376 e. The number of rotatable bonds is 2. The normalized spacial score (nSPS) is 14.5. The topological polar surface area (TPSA) is 20.2 Å². The Labute approximate surface area is 130 Å². The first-order valence-electron chi connectivity index (χ1n) is 7.76. The van der Waals surface area contributed by atoms with Gasteiger partial charge in [-0.05, 0) is 28.7 Å². The molecule has 3 aromatic carbocycles. The van der Waals surface area contributed by atoms with E-state index >= 15 is 0 Å². The van der Waals surface area contributed by atoms with Crippen LogP contribution in [0.3, 0.4) is 0 Å². The van der Waals surface area contributed by atoms with Gasteiger partial charge < -0.3 is 5.11 Å². The van der Waals surface area contributed by atoms with Gasteiger partial charge in [-0.25, -0.2) is 0 Å². The van der Waals surface area contributed by atoms with Crippen molar-refractivity contribution in [2.24, 2.45) is 0 Å². The summed E-state index contributed by atoms with van der Waals surface area (Å²) in [4.78, 5) is 0. The van der Waals surface area contributed by atoms with Crippen LogP contribution in [0.25, 0.3) is 11.1 Å². The fourth-order valence-corrected chi connectivity index (χ4v) is 3.50. The second-order valence-electron chi connectivity index (χ2n) is 5.85. The van der Waals surface area contributed by atoms with E-state index in [4.69, 9.17) is 0 Å². The lowest BCUT2D eigenvalue weighted by Crippen LogP contribution is -2.26. The van der Waals surface area contributed by atoms with Crippen molar-refractivity contribution in [3.63, 3.8) is 0 Å². The van der Waals surface area contributed by atoms with E-state index < -0.39 is 5.60 Å². The summed E-state index contributed by atoms with van der Waals surface area (Å²) in [5.41, 5.74) is 5.36. The highest BCUT2D eigenvalue weighted by Gasteiger charge is 2.42. The summed E-state index contributed by atoms with van der Waals surface area (Å²) in [7, 11) is 0. The van der Waals surface area contributed by atoms with E-state index in [2.05, 4.69) is 43.3 Å². The molecule has 108 valence electrons. The third-order valence-electron chi connectivity index (χ3n) is 4.70. The molecule has 0 fully saturated rings. The summed E-state index contributed by atoms with van der Waals surface area (Å²) in [5, 5.41) is 11.6. The van der Waals surface area contributed by atoms with Crippen LogP contribution in [0.4, 0.5) is 0 Å². The Morgan fingerprint density at radius 3 is 1.73 bits per heavy atom. The molecule has 1 N–H and O–H groups in total. The summed E-state index contributed by atoms with van der Waals surface area (Å²) >= 11 is 0. The third-order valence-corrected chi connectivity index (χ3v) is 4.70. The van der Waals surface area contributed by atoms with Gasteiger partial charge >= 0.3 is 0 Å². The van der Waals surface area contributed by atoms with E-state index in [0.29, 0.717) is 0 Å². The van der Waals surface area contributed by atoms with Gasteiger partial charge in [0, 0.05) is 11.1 Å². The Hall–Kier alpha value is -2.38. The molecule has 0 heterocycles. The van der Waals surface area contributed by atoms with Crippen molar-refractivity contribution in [1.82, 2.24) is 0 Å². The second-order valence-corrected chi connectivity index (χ2v) is 5.85. The van der Waals surface area contributed by atoms with Crippen molar-refractivity contribution in [2.75, 3.05) is 0 Å². The van der Waals surface area contributed by atoms with E-state index in [1.165, 1.54) is 5.56 Å². The quantitative estimate of drug-likeness (QED) is 0.734. The Bertz CT molecular complexity index is 785. The van der Waals surface area contributed by atoms with E-state index in [1.807, 2.05) is 36.4 Å². The van der Waals surface area contributed by atoms with Crippen LogP contribution in [0.1, 0.15) is 29.2 Å². The minimum atomic E-state index is -1.06. The Kier molecular flexibility index (Phi) is 2.91. The average molecular weight is 286 g/mol. The van der Waals surface area contributed by atoms with Crippen LogP contribution in [0.15, 0.2) is 72.8 Å². The first kappa shape index (κ1) is 13.3. The number of aryl methyl sites for hydroxylation is 1. The molecule has 1 aliphatic rings. The van der Waals surface area contributed by atoms with Gasteiger partial charge in [-0.15, -0.1) is 0 Å². The molecule has 1 aliphatic carbocycles. The Morgan fingerprint density at radius 2 is 1.23 bits per heavy atom. The molecule has 0 spiro atoms.